The van der Waals surface area contributed by atoms with Crippen LogP contribution in [0.3, 0.4) is 0 Å². The molecule has 2 heterocycles. The zero-order chi connectivity index (χ0) is 6.55. The third-order valence-corrected chi connectivity index (χ3v) is 3.24. The Balaban J connectivity index is 1.78. The summed E-state index contributed by atoms with van der Waals surface area (Å²) < 4.78 is 5.49. The van der Waals surface area contributed by atoms with Crippen LogP contribution >= 0.6 is 0 Å². The Morgan fingerprint density at radius 2 is 1.60 bits per heavy atom. The molecule has 0 aromatic rings. The second-order valence-corrected chi connectivity index (χ2v) is 3.86. The van der Waals surface area contributed by atoms with Gasteiger partial charge in [0.15, 0.2) is 0 Å². The molecule has 0 spiro atoms. The molecule has 0 bridgehead atoms. The number of hydrogen-bond donors (Lipinski definition) is 1. The van der Waals surface area contributed by atoms with Crippen LogP contribution in [0.4, 0.5) is 0 Å². The lowest BCUT2D eigenvalue weighted by molar-refractivity contribution is 0.334. The molecule has 4 atom stereocenters. The Hall–Kier alpha value is -0.0800. The fourth-order valence-corrected chi connectivity index (χ4v) is 2.53. The number of ether oxygens (including phenoxy) is 1. The molecule has 1 N–H and O–H groups in total. The normalized spacial score (nSPS) is 57.6. The standard InChI is InChI=1S/C8H13NO/c1-5-3-9-4-6(5)2-8-7(1)10-8/h5-9H,1-4H2. The first-order valence-electron chi connectivity index (χ1n) is 4.29. The molecule has 3 aliphatic rings. The average molecular weight is 139 g/mol. The minimum absolute atomic E-state index is 0.668. The predicted molar refractivity (Wildman–Crippen MR) is 37.7 cm³/mol. The molecule has 2 saturated heterocycles. The summed E-state index contributed by atoms with van der Waals surface area (Å²) in [5.41, 5.74) is 0. The molecule has 0 amide bonds. The van der Waals surface area contributed by atoms with Gasteiger partial charge in [0.2, 0.25) is 0 Å². The highest BCUT2D eigenvalue weighted by Gasteiger charge is 2.49. The minimum Gasteiger partial charge on any atom is -0.370 e. The summed E-state index contributed by atoms with van der Waals surface area (Å²) in [4.78, 5) is 0. The van der Waals surface area contributed by atoms with Gasteiger partial charge in [-0.1, -0.05) is 0 Å². The average Bonchev–Trinajstić information content (AvgIpc) is 2.52. The predicted octanol–water partition coefficient (Wildman–Crippen LogP) is 0.383. The van der Waals surface area contributed by atoms with Crippen LogP contribution in [0.2, 0.25) is 0 Å². The van der Waals surface area contributed by atoms with E-state index >= 15 is 0 Å². The van der Waals surface area contributed by atoms with Crippen LogP contribution in [0.25, 0.3) is 0 Å². The maximum atomic E-state index is 5.49. The number of epoxide rings is 1. The zero-order valence-corrected chi connectivity index (χ0v) is 6.05. The van der Waals surface area contributed by atoms with Crippen molar-refractivity contribution in [3.63, 3.8) is 0 Å². The van der Waals surface area contributed by atoms with Crippen molar-refractivity contribution >= 4 is 0 Å². The van der Waals surface area contributed by atoms with Crippen LogP contribution in [0.15, 0.2) is 0 Å². The number of fused-ring (bicyclic) bond motifs is 2. The van der Waals surface area contributed by atoms with Crippen LogP contribution in [-0.2, 0) is 4.74 Å². The second kappa shape index (κ2) is 1.74. The van der Waals surface area contributed by atoms with Crippen LogP contribution in [-0.4, -0.2) is 25.3 Å². The highest BCUT2D eigenvalue weighted by molar-refractivity contribution is 4.99. The fraction of sp³-hybridized carbons (Fsp3) is 1.00. The van der Waals surface area contributed by atoms with Gasteiger partial charge >= 0.3 is 0 Å². The first kappa shape index (κ1) is 5.56. The summed E-state index contributed by atoms with van der Waals surface area (Å²) in [6, 6.07) is 0. The van der Waals surface area contributed by atoms with Gasteiger partial charge in [-0.15, -0.1) is 0 Å². The summed E-state index contributed by atoms with van der Waals surface area (Å²) in [6.45, 7) is 2.49. The topological polar surface area (TPSA) is 24.6 Å². The lowest BCUT2D eigenvalue weighted by atomic mass is 9.82. The van der Waals surface area contributed by atoms with Crippen molar-refractivity contribution in [3.05, 3.63) is 0 Å². The van der Waals surface area contributed by atoms with Crippen molar-refractivity contribution in [2.45, 2.75) is 25.0 Å². The SMILES string of the molecule is C1NCC2CC3OC3CC12. The largest absolute Gasteiger partial charge is 0.370 e. The molecule has 2 heteroatoms. The van der Waals surface area contributed by atoms with Gasteiger partial charge in [0.25, 0.3) is 0 Å². The second-order valence-electron chi connectivity index (χ2n) is 3.86. The van der Waals surface area contributed by atoms with Crippen molar-refractivity contribution in [1.82, 2.24) is 5.32 Å². The van der Waals surface area contributed by atoms with E-state index in [1.807, 2.05) is 0 Å². The molecule has 10 heavy (non-hydrogen) atoms. The lowest BCUT2D eigenvalue weighted by Gasteiger charge is -2.19. The maximum absolute atomic E-state index is 5.49. The fourth-order valence-electron chi connectivity index (χ4n) is 2.53. The molecule has 0 aromatic heterocycles. The lowest BCUT2D eigenvalue weighted by Crippen LogP contribution is -2.22. The van der Waals surface area contributed by atoms with Gasteiger partial charge in [0.1, 0.15) is 0 Å². The van der Waals surface area contributed by atoms with Gasteiger partial charge < -0.3 is 10.1 Å². The quantitative estimate of drug-likeness (QED) is 0.491. The summed E-state index contributed by atoms with van der Waals surface area (Å²) >= 11 is 0. The van der Waals surface area contributed by atoms with Crippen molar-refractivity contribution in [3.8, 4) is 0 Å². The van der Waals surface area contributed by atoms with Crippen LogP contribution in [0.1, 0.15) is 12.8 Å². The van der Waals surface area contributed by atoms with Gasteiger partial charge in [0, 0.05) is 0 Å². The van der Waals surface area contributed by atoms with E-state index in [-0.39, 0.29) is 0 Å². The molecular formula is C8H13NO. The molecule has 3 fully saturated rings. The van der Waals surface area contributed by atoms with E-state index in [9.17, 15) is 0 Å². The first-order valence-corrected chi connectivity index (χ1v) is 4.29. The van der Waals surface area contributed by atoms with Gasteiger partial charge in [0.05, 0.1) is 12.2 Å². The first-order chi connectivity index (χ1) is 4.93. The van der Waals surface area contributed by atoms with Gasteiger partial charge in [-0.2, -0.15) is 0 Å². The van der Waals surface area contributed by atoms with E-state index in [1.54, 1.807) is 0 Å². The summed E-state index contributed by atoms with van der Waals surface area (Å²) in [5, 5.41) is 3.45. The molecule has 3 rings (SSSR count). The Kier molecular flexibility index (Phi) is 0.968. The van der Waals surface area contributed by atoms with E-state index in [0.29, 0.717) is 12.2 Å². The summed E-state index contributed by atoms with van der Waals surface area (Å²) in [6.07, 6.45) is 4.01. The monoisotopic (exact) mass is 139 g/mol. The molecule has 1 aliphatic carbocycles. The molecule has 0 radical (unpaired) electrons. The zero-order valence-electron chi connectivity index (χ0n) is 6.05. The molecular weight excluding hydrogens is 126 g/mol. The maximum Gasteiger partial charge on any atom is 0.0845 e. The number of rotatable bonds is 0. The number of nitrogens with one attached hydrogen (secondary N) is 1. The van der Waals surface area contributed by atoms with Crippen molar-refractivity contribution in [1.29, 1.82) is 0 Å². The van der Waals surface area contributed by atoms with Crippen LogP contribution in [0.5, 0.6) is 0 Å². The molecule has 2 aliphatic heterocycles. The van der Waals surface area contributed by atoms with E-state index in [4.69, 9.17) is 4.74 Å². The number of hydrogen-bond acceptors (Lipinski definition) is 2. The van der Waals surface area contributed by atoms with E-state index in [1.165, 1.54) is 25.9 Å². The summed E-state index contributed by atoms with van der Waals surface area (Å²) in [7, 11) is 0. The third-order valence-electron chi connectivity index (χ3n) is 3.24. The van der Waals surface area contributed by atoms with Crippen molar-refractivity contribution in [2.24, 2.45) is 11.8 Å². The van der Waals surface area contributed by atoms with Crippen molar-refractivity contribution in [2.75, 3.05) is 13.1 Å². The van der Waals surface area contributed by atoms with E-state index in [0.717, 1.165) is 11.8 Å². The molecule has 0 aromatic carbocycles. The van der Waals surface area contributed by atoms with Crippen molar-refractivity contribution < 1.29 is 4.74 Å². The Morgan fingerprint density at radius 1 is 1.00 bits per heavy atom. The Morgan fingerprint density at radius 3 is 2.20 bits per heavy atom. The highest BCUT2D eigenvalue weighted by Crippen LogP contribution is 2.43. The van der Waals surface area contributed by atoms with Gasteiger partial charge in [-0.25, -0.2) is 0 Å². The Bertz CT molecular complexity index is 143. The molecule has 2 nitrogen and oxygen atoms in total. The van der Waals surface area contributed by atoms with Crippen LogP contribution < -0.4 is 5.32 Å². The molecule has 4 unspecified atom stereocenters. The van der Waals surface area contributed by atoms with Crippen LogP contribution in [0, 0.1) is 11.8 Å². The third kappa shape index (κ3) is 0.663. The van der Waals surface area contributed by atoms with E-state index in [2.05, 4.69) is 5.32 Å². The molecule has 1 saturated carbocycles. The molecule has 56 valence electrons. The smallest absolute Gasteiger partial charge is 0.0845 e. The highest BCUT2D eigenvalue weighted by atomic mass is 16.6. The summed E-state index contributed by atoms with van der Waals surface area (Å²) in [5.74, 6) is 1.90. The van der Waals surface area contributed by atoms with E-state index < -0.39 is 0 Å². The minimum atomic E-state index is 0.668. The van der Waals surface area contributed by atoms with Gasteiger partial charge in [-0.3, -0.25) is 0 Å². The van der Waals surface area contributed by atoms with Gasteiger partial charge in [-0.05, 0) is 37.8 Å². The Labute approximate surface area is 60.9 Å².